The second-order valence-corrected chi connectivity index (χ2v) is 6.17. The average molecular weight is 379 g/mol. The number of carbonyl (C=O) groups is 1. The zero-order valence-electron chi connectivity index (χ0n) is 14.1. The number of thiazole rings is 1. The van der Waals surface area contributed by atoms with E-state index < -0.39 is 0 Å². The van der Waals surface area contributed by atoms with Crippen molar-refractivity contribution in [2.75, 3.05) is 12.4 Å². The Morgan fingerprint density at radius 3 is 2.74 bits per heavy atom. The predicted octanol–water partition coefficient (Wildman–Crippen LogP) is 2.44. The van der Waals surface area contributed by atoms with Gasteiger partial charge in [0.05, 0.1) is 30.9 Å². The molecule has 0 aliphatic carbocycles. The third-order valence-corrected chi connectivity index (χ3v) is 4.41. The van der Waals surface area contributed by atoms with Gasteiger partial charge in [-0.2, -0.15) is 0 Å². The molecule has 0 saturated carbocycles. The highest BCUT2D eigenvalue weighted by atomic mass is 32.1. The van der Waals surface area contributed by atoms with Crippen molar-refractivity contribution in [3.8, 4) is 22.8 Å². The maximum Gasteiger partial charge on any atom is 0.277 e. The van der Waals surface area contributed by atoms with Crippen molar-refractivity contribution < 1.29 is 9.53 Å². The lowest BCUT2D eigenvalue weighted by molar-refractivity contribution is 0.101. The molecule has 10 heteroatoms. The molecule has 0 bridgehead atoms. The van der Waals surface area contributed by atoms with Crippen LogP contribution in [0, 0.1) is 0 Å². The molecule has 9 nitrogen and oxygen atoms in total. The topological polar surface area (TPSA) is 108 Å². The molecule has 0 aromatic carbocycles. The molecule has 4 rings (SSSR count). The number of nitrogens with one attached hydrogen (secondary N) is 1. The van der Waals surface area contributed by atoms with Gasteiger partial charge in [0.15, 0.2) is 10.8 Å². The van der Waals surface area contributed by atoms with Crippen LogP contribution in [0.1, 0.15) is 10.5 Å². The van der Waals surface area contributed by atoms with Crippen molar-refractivity contribution in [3.05, 3.63) is 60.1 Å². The lowest BCUT2D eigenvalue weighted by Crippen LogP contribution is -2.16. The van der Waals surface area contributed by atoms with Crippen LogP contribution in [0.25, 0.3) is 17.1 Å². The Morgan fingerprint density at radius 2 is 2.00 bits per heavy atom. The van der Waals surface area contributed by atoms with Crippen LogP contribution in [0.5, 0.6) is 5.75 Å². The molecule has 0 atom stereocenters. The Morgan fingerprint density at radius 1 is 1.15 bits per heavy atom. The first kappa shape index (κ1) is 16.8. The molecule has 0 fully saturated rings. The molecule has 1 amide bonds. The number of pyridine rings is 2. The summed E-state index contributed by atoms with van der Waals surface area (Å²) >= 11 is 1.31. The molecule has 27 heavy (non-hydrogen) atoms. The van der Waals surface area contributed by atoms with Gasteiger partial charge in [0.2, 0.25) is 0 Å². The maximum atomic E-state index is 12.6. The number of nitrogens with zero attached hydrogens (tertiary/aromatic N) is 6. The first-order valence-corrected chi connectivity index (χ1v) is 8.71. The van der Waals surface area contributed by atoms with Crippen molar-refractivity contribution in [1.29, 1.82) is 0 Å². The third kappa shape index (κ3) is 3.51. The number of rotatable bonds is 5. The van der Waals surface area contributed by atoms with Crippen LogP contribution in [-0.2, 0) is 0 Å². The lowest BCUT2D eigenvalue weighted by Gasteiger charge is -2.05. The number of hydrogen-bond donors (Lipinski definition) is 1. The summed E-state index contributed by atoms with van der Waals surface area (Å²) in [5.74, 6) is 0.305. The van der Waals surface area contributed by atoms with Gasteiger partial charge < -0.3 is 4.74 Å². The van der Waals surface area contributed by atoms with Crippen molar-refractivity contribution >= 4 is 22.4 Å². The van der Waals surface area contributed by atoms with E-state index in [0.717, 1.165) is 0 Å². The first-order valence-electron chi connectivity index (χ1n) is 7.83. The number of amides is 1. The molecule has 4 aromatic heterocycles. The highest BCUT2D eigenvalue weighted by Gasteiger charge is 2.16. The van der Waals surface area contributed by atoms with E-state index in [-0.39, 0.29) is 5.91 Å². The van der Waals surface area contributed by atoms with Crippen LogP contribution in [0.3, 0.4) is 0 Å². The standard InChI is InChI=1S/C17H13N7O2S/c1-26-12-2-3-13(19-8-12)14-10-27-17(21-14)22-16(25)15-9-20-23-24(15)11-4-6-18-7-5-11/h2-10H,1H3,(H,21,22,25). The molecule has 0 saturated heterocycles. The predicted molar refractivity (Wildman–Crippen MR) is 99.0 cm³/mol. The third-order valence-electron chi connectivity index (χ3n) is 3.65. The Kier molecular flexibility index (Phi) is 4.54. The van der Waals surface area contributed by atoms with Crippen LogP contribution in [0.2, 0.25) is 0 Å². The summed E-state index contributed by atoms with van der Waals surface area (Å²) in [7, 11) is 1.58. The maximum absolute atomic E-state index is 12.6. The molecular formula is C17H13N7O2S. The van der Waals surface area contributed by atoms with E-state index in [1.165, 1.54) is 22.2 Å². The number of aromatic nitrogens is 6. The van der Waals surface area contributed by atoms with Crippen molar-refractivity contribution in [2.24, 2.45) is 0 Å². The minimum atomic E-state index is -0.361. The Hall–Kier alpha value is -3.66. The number of hydrogen-bond acceptors (Lipinski definition) is 8. The molecule has 0 unspecified atom stereocenters. The van der Waals surface area contributed by atoms with Gasteiger partial charge in [-0.3, -0.25) is 20.1 Å². The molecule has 134 valence electrons. The average Bonchev–Trinajstić information content (AvgIpc) is 3.38. The van der Waals surface area contributed by atoms with Gasteiger partial charge in [-0.1, -0.05) is 5.21 Å². The molecule has 4 heterocycles. The second-order valence-electron chi connectivity index (χ2n) is 5.31. The van der Waals surface area contributed by atoms with Gasteiger partial charge in [-0.05, 0) is 24.3 Å². The molecule has 0 radical (unpaired) electrons. The number of carbonyl (C=O) groups excluding carboxylic acids is 1. The quantitative estimate of drug-likeness (QED) is 0.567. The van der Waals surface area contributed by atoms with Gasteiger partial charge in [-0.25, -0.2) is 9.67 Å². The van der Waals surface area contributed by atoms with Crippen LogP contribution in [0.4, 0.5) is 5.13 Å². The van der Waals surface area contributed by atoms with E-state index in [1.807, 2.05) is 11.4 Å². The van der Waals surface area contributed by atoms with Crippen molar-refractivity contribution in [2.45, 2.75) is 0 Å². The van der Waals surface area contributed by atoms with Crippen LogP contribution in [0.15, 0.2) is 54.4 Å². The van der Waals surface area contributed by atoms with Gasteiger partial charge in [0.25, 0.3) is 5.91 Å². The molecular weight excluding hydrogens is 366 g/mol. The summed E-state index contributed by atoms with van der Waals surface area (Å²) in [6, 6.07) is 7.09. The highest BCUT2D eigenvalue weighted by molar-refractivity contribution is 7.14. The van der Waals surface area contributed by atoms with Gasteiger partial charge in [-0.15, -0.1) is 16.4 Å². The van der Waals surface area contributed by atoms with Crippen molar-refractivity contribution in [3.63, 3.8) is 0 Å². The first-order chi connectivity index (χ1) is 13.2. The van der Waals surface area contributed by atoms with E-state index in [9.17, 15) is 4.79 Å². The summed E-state index contributed by atoms with van der Waals surface area (Å²) in [4.78, 5) is 25.3. The summed E-state index contributed by atoms with van der Waals surface area (Å²) < 4.78 is 6.54. The Bertz CT molecular complexity index is 1060. The highest BCUT2D eigenvalue weighted by Crippen LogP contribution is 2.25. The lowest BCUT2D eigenvalue weighted by atomic mass is 10.3. The van der Waals surface area contributed by atoms with E-state index >= 15 is 0 Å². The largest absolute Gasteiger partial charge is 0.495 e. The van der Waals surface area contributed by atoms with E-state index in [1.54, 1.807) is 43.9 Å². The zero-order valence-corrected chi connectivity index (χ0v) is 14.9. The summed E-state index contributed by atoms with van der Waals surface area (Å²) in [6.07, 6.45) is 6.25. The Balaban J connectivity index is 1.53. The zero-order chi connectivity index (χ0) is 18.6. The number of anilines is 1. The monoisotopic (exact) mass is 379 g/mol. The van der Waals surface area contributed by atoms with Crippen LogP contribution >= 0.6 is 11.3 Å². The molecule has 1 N–H and O–H groups in total. The summed E-state index contributed by atoms with van der Waals surface area (Å²) in [5, 5.41) is 12.8. The van der Waals surface area contributed by atoms with Crippen LogP contribution < -0.4 is 10.1 Å². The second kappa shape index (κ2) is 7.30. The molecule has 0 aliphatic heterocycles. The van der Waals surface area contributed by atoms with E-state index in [2.05, 4.69) is 30.6 Å². The summed E-state index contributed by atoms with van der Waals surface area (Å²) in [6.45, 7) is 0. The fourth-order valence-corrected chi connectivity index (χ4v) is 3.03. The van der Waals surface area contributed by atoms with Crippen molar-refractivity contribution in [1.82, 2.24) is 29.9 Å². The van der Waals surface area contributed by atoms with Gasteiger partial charge >= 0.3 is 0 Å². The fraction of sp³-hybridized carbons (Fsp3) is 0.0588. The Labute approximate surface area is 157 Å². The molecule has 4 aromatic rings. The van der Waals surface area contributed by atoms with Gasteiger partial charge in [0.1, 0.15) is 11.4 Å². The molecule has 0 aliphatic rings. The smallest absolute Gasteiger partial charge is 0.277 e. The molecule has 0 spiro atoms. The number of methoxy groups -OCH3 is 1. The normalized spacial score (nSPS) is 10.6. The van der Waals surface area contributed by atoms with Gasteiger partial charge in [0, 0.05) is 17.8 Å². The summed E-state index contributed by atoms with van der Waals surface area (Å²) in [5.41, 5.74) is 2.34. The fourth-order valence-electron chi connectivity index (χ4n) is 2.33. The van der Waals surface area contributed by atoms with Crippen LogP contribution in [-0.4, -0.2) is 43.0 Å². The minimum Gasteiger partial charge on any atom is -0.495 e. The SMILES string of the molecule is COc1ccc(-c2csc(NC(=O)c3cnnn3-c3ccncc3)n2)nc1. The number of ether oxygens (including phenoxy) is 1. The van der Waals surface area contributed by atoms with E-state index in [0.29, 0.717) is 33.7 Å². The minimum absolute atomic E-state index is 0.292. The van der Waals surface area contributed by atoms with E-state index in [4.69, 9.17) is 4.74 Å².